The van der Waals surface area contributed by atoms with Gasteiger partial charge in [0.05, 0.1) is 12.2 Å². The number of rotatable bonds is 3. The van der Waals surface area contributed by atoms with Gasteiger partial charge in [0, 0.05) is 24.2 Å². The number of allylic oxidation sites excluding steroid dienone is 1. The van der Waals surface area contributed by atoms with E-state index in [0.29, 0.717) is 19.3 Å². The molecule has 4 fully saturated rings. The quantitative estimate of drug-likeness (QED) is 0.647. The molecule has 1 aliphatic heterocycles. The van der Waals surface area contributed by atoms with Gasteiger partial charge in [0.25, 0.3) is 0 Å². The fraction of sp³-hybridized carbons (Fsp3) is 0.808. The van der Waals surface area contributed by atoms with Crippen molar-refractivity contribution in [2.45, 2.75) is 84.5 Å². The van der Waals surface area contributed by atoms with Gasteiger partial charge in [-0.1, -0.05) is 33.3 Å². The van der Waals surface area contributed by atoms with Gasteiger partial charge < -0.3 is 19.3 Å². The van der Waals surface area contributed by atoms with Crippen LogP contribution in [0.3, 0.4) is 0 Å². The molecule has 1 saturated heterocycles. The minimum Gasteiger partial charge on any atom is -0.458 e. The third-order valence-corrected chi connectivity index (χ3v) is 10.7. The summed E-state index contributed by atoms with van der Waals surface area (Å²) >= 11 is 0. The Morgan fingerprint density at radius 3 is 2.64 bits per heavy atom. The van der Waals surface area contributed by atoms with Crippen molar-refractivity contribution in [1.82, 2.24) is 0 Å². The number of hydrogen-bond acceptors (Lipinski definition) is 7. The first-order valence-electron chi connectivity index (χ1n) is 12.3. The standard InChI is InChI=1S/C26H36O7/c1-14-8-19-18-10-22-26(33-13-32-22,21(30)12-31-15(2)27)24(18,4)11-20(29)25(19,5)23(3)7-6-16(28)9-17(14)23/h9,14,18-20,22,29H,6-8,10-13H2,1-5H3/t14-,18?,19?,20?,22+,23?,24?,25+,26+/m0/s1. The molecule has 1 heterocycles. The van der Waals surface area contributed by atoms with Crippen molar-refractivity contribution >= 4 is 17.5 Å². The van der Waals surface area contributed by atoms with Crippen LogP contribution in [0.2, 0.25) is 0 Å². The second-order valence-corrected chi connectivity index (χ2v) is 11.8. The maximum absolute atomic E-state index is 13.5. The molecular formula is C26H36O7. The summed E-state index contributed by atoms with van der Waals surface area (Å²) in [6.07, 6.45) is 3.93. The molecule has 0 bridgehead atoms. The van der Waals surface area contributed by atoms with E-state index in [1.807, 2.05) is 6.08 Å². The Balaban J connectivity index is 1.59. The van der Waals surface area contributed by atoms with E-state index in [4.69, 9.17) is 14.2 Å². The molecule has 5 aliphatic rings. The predicted octanol–water partition coefficient (Wildman–Crippen LogP) is 2.98. The van der Waals surface area contributed by atoms with Crippen molar-refractivity contribution in [3.63, 3.8) is 0 Å². The lowest BCUT2D eigenvalue weighted by Gasteiger charge is -2.67. The normalized spacial score (nSPS) is 50.5. The maximum Gasteiger partial charge on any atom is 0.303 e. The molecule has 3 saturated carbocycles. The lowest BCUT2D eigenvalue weighted by atomic mass is 9.37. The van der Waals surface area contributed by atoms with Crippen molar-refractivity contribution in [3.8, 4) is 0 Å². The van der Waals surface area contributed by atoms with E-state index in [0.717, 1.165) is 12.8 Å². The van der Waals surface area contributed by atoms with Crippen LogP contribution in [0.25, 0.3) is 0 Å². The van der Waals surface area contributed by atoms with Crippen LogP contribution in [-0.2, 0) is 28.6 Å². The number of carbonyl (C=O) groups is 3. The van der Waals surface area contributed by atoms with Crippen LogP contribution in [0.5, 0.6) is 0 Å². The summed E-state index contributed by atoms with van der Waals surface area (Å²) in [5.41, 5.74) is -1.39. The molecular weight excluding hydrogens is 424 g/mol. The van der Waals surface area contributed by atoms with Crippen molar-refractivity contribution in [1.29, 1.82) is 0 Å². The van der Waals surface area contributed by atoms with E-state index in [1.165, 1.54) is 12.5 Å². The number of esters is 1. The molecule has 0 aromatic heterocycles. The third kappa shape index (κ3) is 2.70. The molecule has 0 spiro atoms. The average molecular weight is 461 g/mol. The largest absolute Gasteiger partial charge is 0.458 e. The molecule has 5 unspecified atom stereocenters. The number of aliphatic hydroxyl groups excluding tert-OH is 1. The van der Waals surface area contributed by atoms with Crippen molar-refractivity contribution < 1.29 is 33.7 Å². The molecule has 7 nitrogen and oxygen atoms in total. The summed E-state index contributed by atoms with van der Waals surface area (Å²) in [6, 6.07) is 0. The van der Waals surface area contributed by atoms with E-state index in [9.17, 15) is 19.5 Å². The number of ether oxygens (including phenoxy) is 3. The fourth-order valence-corrected chi connectivity index (χ4v) is 8.88. The second-order valence-electron chi connectivity index (χ2n) is 11.8. The average Bonchev–Trinajstić information content (AvgIpc) is 3.27. The Morgan fingerprint density at radius 1 is 1.21 bits per heavy atom. The topological polar surface area (TPSA) is 99.1 Å². The first kappa shape index (κ1) is 23.2. The molecule has 9 atom stereocenters. The Morgan fingerprint density at radius 2 is 1.94 bits per heavy atom. The Hall–Kier alpha value is -1.57. The van der Waals surface area contributed by atoms with Gasteiger partial charge >= 0.3 is 5.97 Å². The molecule has 33 heavy (non-hydrogen) atoms. The van der Waals surface area contributed by atoms with E-state index in [1.54, 1.807) is 0 Å². The number of fused-ring (bicyclic) bond motifs is 7. The van der Waals surface area contributed by atoms with E-state index in [-0.39, 0.29) is 48.1 Å². The lowest BCUT2D eigenvalue weighted by Crippen LogP contribution is -2.68. The maximum atomic E-state index is 13.5. The van der Waals surface area contributed by atoms with Crippen LogP contribution in [0.1, 0.15) is 66.7 Å². The first-order valence-corrected chi connectivity index (χ1v) is 12.3. The zero-order chi connectivity index (χ0) is 24.0. The number of aliphatic hydroxyl groups is 1. The summed E-state index contributed by atoms with van der Waals surface area (Å²) in [4.78, 5) is 37.3. The Kier molecular flexibility index (Phi) is 5.07. The van der Waals surface area contributed by atoms with Crippen molar-refractivity contribution in [3.05, 3.63) is 11.6 Å². The highest BCUT2D eigenvalue weighted by Gasteiger charge is 2.77. The number of hydrogen-bond donors (Lipinski definition) is 1. The molecule has 4 aliphatic carbocycles. The Bertz CT molecular complexity index is 941. The van der Waals surface area contributed by atoms with E-state index in [2.05, 4.69) is 27.7 Å². The van der Waals surface area contributed by atoms with Crippen LogP contribution >= 0.6 is 0 Å². The first-order chi connectivity index (χ1) is 15.4. The number of carbonyl (C=O) groups excluding carboxylic acids is 3. The minimum atomic E-state index is -1.22. The minimum absolute atomic E-state index is 0.0277. The summed E-state index contributed by atoms with van der Waals surface area (Å²) < 4.78 is 17.2. The highest BCUT2D eigenvalue weighted by Crippen LogP contribution is 2.74. The van der Waals surface area contributed by atoms with Gasteiger partial charge in [0.1, 0.15) is 6.79 Å². The van der Waals surface area contributed by atoms with Crippen LogP contribution < -0.4 is 0 Å². The number of ketones is 2. The van der Waals surface area contributed by atoms with Gasteiger partial charge in [-0.2, -0.15) is 0 Å². The van der Waals surface area contributed by atoms with Gasteiger partial charge in [-0.15, -0.1) is 0 Å². The lowest BCUT2D eigenvalue weighted by molar-refractivity contribution is -0.223. The van der Waals surface area contributed by atoms with Crippen LogP contribution in [0, 0.1) is 34.0 Å². The van der Waals surface area contributed by atoms with Gasteiger partial charge in [-0.05, 0) is 54.9 Å². The van der Waals surface area contributed by atoms with E-state index < -0.39 is 34.6 Å². The molecule has 0 aromatic rings. The van der Waals surface area contributed by atoms with E-state index >= 15 is 0 Å². The highest BCUT2D eigenvalue weighted by atomic mass is 16.7. The molecule has 0 amide bonds. The monoisotopic (exact) mass is 460 g/mol. The highest BCUT2D eigenvalue weighted by molar-refractivity contribution is 5.93. The summed E-state index contributed by atoms with van der Waals surface area (Å²) in [5.74, 6) is -0.129. The second kappa shape index (κ2) is 7.22. The predicted molar refractivity (Wildman–Crippen MR) is 118 cm³/mol. The van der Waals surface area contributed by atoms with Gasteiger partial charge in [0.15, 0.2) is 18.0 Å². The van der Waals surface area contributed by atoms with Crippen molar-refractivity contribution in [2.75, 3.05) is 13.4 Å². The zero-order valence-electron chi connectivity index (χ0n) is 20.3. The van der Waals surface area contributed by atoms with Gasteiger partial charge in [-0.25, -0.2) is 0 Å². The molecule has 0 aromatic carbocycles. The van der Waals surface area contributed by atoms with Gasteiger partial charge in [-0.3, -0.25) is 14.4 Å². The summed E-state index contributed by atoms with van der Waals surface area (Å²) in [7, 11) is 0. The van der Waals surface area contributed by atoms with Crippen molar-refractivity contribution in [2.24, 2.45) is 34.0 Å². The van der Waals surface area contributed by atoms with Crippen LogP contribution in [0.4, 0.5) is 0 Å². The summed E-state index contributed by atoms with van der Waals surface area (Å²) in [5, 5.41) is 11.9. The molecule has 1 N–H and O–H groups in total. The fourth-order valence-electron chi connectivity index (χ4n) is 8.88. The van der Waals surface area contributed by atoms with Crippen LogP contribution in [-0.4, -0.2) is 53.9 Å². The molecule has 0 radical (unpaired) electrons. The van der Waals surface area contributed by atoms with Gasteiger partial charge in [0.2, 0.25) is 5.78 Å². The zero-order valence-corrected chi connectivity index (χ0v) is 20.3. The smallest absolute Gasteiger partial charge is 0.303 e. The Labute approximate surface area is 195 Å². The summed E-state index contributed by atoms with van der Waals surface area (Å²) in [6.45, 7) is 9.63. The molecule has 182 valence electrons. The molecule has 5 rings (SSSR count). The number of Topliss-reactive ketones (excluding diaryl/α,β-unsaturated/α-hetero) is 1. The van der Waals surface area contributed by atoms with Crippen LogP contribution in [0.15, 0.2) is 11.6 Å². The molecule has 7 heteroatoms. The SMILES string of the molecule is CC(=O)OCC(=O)[C@@]12OCO[C@@H]1CC1C3C[C@H](C)C4=CC(=O)CCC4(C)[C@@]3(C)C(O)CC12C. The third-order valence-electron chi connectivity index (χ3n) is 10.7.